The standard InChI is InChI=1S/C12H18N4O3/c17-11(15-5-3-1-2-4-6-15)9-16-8-10(13-14-16)7-12(18)19/h8H,1-7,9H2,(H,18,19). The molecule has 0 aromatic carbocycles. The average Bonchev–Trinajstić information content (AvgIpc) is 2.64. The van der Waals surface area contributed by atoms with Gasteiger partial charge in [-0.05, 0) is 12.8 Å². The van der Waals surface area contributed by atoms with E-state index in [1.165, 1.54) is 23.7 Å². The van der Waals surface area contributed by atoms with Crippen LogP contribution in [0.25, 0.3) is 0 Å². The Morgan fingerprint density at radius 1 is 1.21 bits per heavy atom. The number of likely N-dealkylation sites (tertiary alicyclic amines) is 1. The maximum atomic E-state index is 12.1. The van der Waals surface area contributed by atoms with Crippen LogP contribution in [0.1, 0.15) is 31.4 Å². The molecule has 0 aliphatic carbocycles. The van der Waals surface area contributed by atoms with E-state index in [2.05, 4.69) is 10.3 Å². The van der Waals surface area contributed by atoms with E-state index < -0.39 is 5.97 Å². The Morgan fingerprint density at radius 3 is 2.53 bits per heavy atom. The second kappa shape index (κ2) is 6.31. The van der Waals surface area contributed by atoms with Crippen LogP contribution in [0, 0.1) is 0 Å². The van der Waals surface area contributed by atoms with Gasteiger partial charge >= 0.3 is 5.97 Å². The maximum absolute atomic E-state index is 12.1. The smallest absolute Gasteiger partial charge is 0.309 e. The molecule has 1 aliphatic heterocycles. The molecule has 1 fully saturated rings. The Labute approximate surface area is 111 Å². The lowest BCUT2D eigenvalue weighted by molar-refractivity contribution is -0.136. The van der Waals surface area contributed by atoms with Gasteiger partial charge in [0.25, 0.3) is 0 Å². The van der Waals surface area contributed by atoms with Crippen LogP contribution < -0.4 is 0 Å². The van der Waals surface area contributed by atoms with Crippen molar-refractivity contribution in [2.45, 2.75) is 38.6 Å². The summed E-state index contributed by atoms with van der Waals surface area (Å²) in [7, 11) is 0. The third-order valence-corrected chi connectivity index (χ3v) is 3.17. The number of rotatable bonds is 4. The second-order valence-corrected chi connectivity index (χ2v) is 4.77. The van der Waals surface area contributed by atoms with Gasteiger partial charge in [0.2, 0.25) is 5.91 Å². The van der Waals surface area contributed by atoms with E-state index in [1.54, 1.807) is 0 Å². The molecular formula is C12H18N4O3. The van der Waals surface area contributed by atoms with Crippen molar-refractivity contribution in [2.75, 3.05) is 13.1 Å². The largest absolute Gasteiger partial charge is 0.481 e. The van der Waals surface area contributed by atoms with E-state index in [-0.39, 0.29) is 18.9 Å². The zero-order valence-electron chi connectivity index (χ0n) is 10.8. The van der Waals surface area contributed by atoms with Gasteiger partial charge in [0.05, 0.1) is 12.1 Å². The molecule has 0 unspecified atom stereocenters. The summed E-state index contributed by atoms with van der Waals surface area (Å²) in [4.78, 5) is 24.5. The zero-order chi connectivity index (χ0) is 13.7. The first-order valence-corrected chi connectivity index (χ1v) is 6.54. The zero-order valence-corrected chi connectivity index (χ0v) is 10.8. The van der Waals surface area contributed by atoms with Gasteiger partial charge in [0, 0.05) is 19.3 Å². The van der Waals surface area contributed by atoms with Gasteiger partial charge in [-0.2, -0.15) is 0 Å². The molecule has 1 aromatic heterocycles. The maximum Gasteiger partial charge on any atom is 0.309 e. The van der Waals surface area contributed by atoms with Crippen molar-refractivity contribution in [3.63, 3.8) is 0 Å². The third-order valence-electron chi connectivity index (χ3n) is 3.17. The molecule has 2 heterocycles. The highest BCUT2D eigenvalue weighted by Gasteiger charge is 2.16. The van der Waals surface area contributed by atoms with E-state index in [0.29, 0.717) is 5.69 Å². The van der Waals surface area contributed by atoms with E-state index in [4.69, 9.17) is 5.11 Å². The van der Waals surface area contributed by atoms with Crippen LogP contribution in [0.2, 0.25) is 0 Å². The van der Waals surface area contributed by atoms with Gasteiger partial charge in [-0.3, -0.25) is 9.59 Å². The molecule has 1 aromatic rings. The molecular weight excluding hydrogens is 248 g/mol. The highest BCUT2D eigenvalue weighted by molar-refractivity contribution is 5.76. The van der Waals surface area contributed by atoms with E-state index in [1.807, 2.05) is 4.90 Å². The normalized spacial score (nSPS) is 16.1. The molecule has 19 heavy (non-hydrogen) atoms. The molecule has 0 atom stereocenters. The number of carboxylic acids is 1. The summed E-state index contributed by atoms with van der Waals surface area (Å²) in [5, 5.41) is 16.2. The number of aromatic nitrogens is 3. The second-order valence-electron chi connectivity index (χ2n) is 4.77. The van der Waals surface area contributed by atoms with Gasteiger partial charge < -0.3 is 10.0 Å². The van der Waals surface area contributed by atoms with Gasteiger partial charge in [-0.1, -0.05) is 18.1 Å². The summed E-state index contributed by atoms with van der Waals surface area (Å²) < 4.78 is 1.41. The van der Waals surface area contributed by atoms with Crippen molar-refractivity contribution in [3.8, 4) is 0 Å². The Hall–Kier alpha value is -1.92. The van der Waals surface area contributed by atoms with Crippen LogP contribution in [0.4, 0.5) is 0 Å². The minimum atomic E-state index is -0.953. The van der Waals surface area contributed by atoms with Gasteiger partial charge in [-0.25, -0.2) is 4.68 Å². The molecule has 7 heteroatoms. The average molecular weight is 266 g/mol. The van der Waals surface area contributed by atoms with Crippen molar-refractivity contribution >= 4 is 11.9 Å². The Kier molecular flexibility index (Phi) is 4.48. The Morgan fingerprint density at radius 2 is 1.89 bits per heavy atom. The molecule has 0 saturated carbocycles. The predicted octanol–water partition coefficient (Wildman–Crippen LogP) is 0.308. The minimum absolute atomic E-state index is 0.0219. The predicted molar refractivity (Wildman–Crippen MR) is 66.4 cm³/mol. The van der Waals surface area contributed by atoms with Crippen molar-refractivity contribution in [3.05, 3.63) is 11.9 Å². The van der Waals surface area contributed by atoms with Crippen molar-refractivity contribution < 1.29 is 14.7 Å². The number of carboxylic acid groups (broad SMARTS) is 1. The van der Waals surface area contributed by atoms with Crippen LogP contribution in [-0.2, 0) is 22.6 Å². The third kappa shape index (κ3) is 4.04. The minimum Gasteiger partial charge on any atom is -0.481 e. The van der Waals surface area contributed by atoms with E-state index in [9.17, 15) is 9.59 Å². The first-order chi connectivity index (χ1) is 9.15. The Balaban J connectivity index is 1.90. The quantitative estimate of drug-likeness (QED) is 0.847. The summed E-state index contributed by atoms with van der Waals surface area (Å²) in [6.07, 6.45) is 5.80. The first-order valence-electron chi connectivity index (χ1n) is 6.54. The van der Waals surface area contributed by atoms with Crippen molar-refractivity contribution in [2.24, 2.45) is 0 Å². The SMILES string of the molecule is O=C(O)Cc1cn(CC(=O)N2CCCCCC2)nn1. The fourth-order valence-corrected chi connectivity index (χ4v) is 2.21. The molecule has 0 spiro atoms. The number of amides is 1. The summed E-state index contributed by atoms with van der Waals surface area (Å²) >= 11 is 0. The number of carbonyl (C=O) groups excluding carboxylic acids is 1. The van der Waals surface area contributed by atoms with Crippen LogP contribution in [0.5, 0.6) is 0 Å². The van der Waals surface area contributed by atoms with Crippen LogP contribution in [0.15, 0.2) is 6.20 Å². The summed E-state index contributed by atoms with van der Waals surface area (Å²) in [6, 6.07) is 0. The van der Waals surface area contributed by atoms with E-state index >= 15 is 0 Å². The molecule has 1 amide bonds. The van der Waals surface area contributed by atoms with Crippen LogP contribution >= 0.6 is 0 Å². The fourth-order valence-electron chi connectivity index (χ4n) is 2.21. The lowest BCUT2D eigenvalue weighted by Crippen LogP contribution is -2.34. The van der Waals surface area contributed by atoms with Gasteiger partial charge in [0.1, 0.15) is 6.54 Å². The lowest BCUT2D eigenvalue weighted by atomic mass is 10.2. The molecule has 104 valence electrons. The molecule has 7 nitrogen and oxygen atoms in total. The van der Waals surface area contributed by atoms with Crippen molar-refractivity contribution in [1.82, 2.24) is 19.9 Å². The first kappa shape index (κ1) is 13.5. The number of aliphatic carboxylic acids is 1. The highest BCUT2D eigenvalue weighted by Crippen LogP contribution is 2.10. The molecule has 1 N–H and O–H groups in total. The Bertz CT molecular complexity index is 450. The molecule has 1 aliphatic rings. The highest BCUT2D eigenvalue weighted by atomic mass is 16.4. The summed E-state index contributed by atoms with van der Waals surface area (Å²) in [6.45, 7) is 1.73. The summed E-state index contributed by atoms with van der Waals surface area (Å²) in [5.41, 5.74) is 0.371. The van der Waals surface area contributed by atoms with E-state index in [0.717, 1.165) is 25.9 Å². The molecule has 1 saturated heterocycles. The monoisotopic (exact) mass is 266 g/mol. The van der Waals surface area contributed by atoms with Gasteiger partial charge in [-0.15, -0.1) is 5.10 Å². The molecule has 0 bridgehead atoms. The summed E-state index contributed by atoms with van der Waals surface area (Å²) in [5.74, 6) is -0.931. The van der Waals surface area contributed by atoms with Crippen LogP contribution in [-0.4, -0.2) is 50.0 Å². The lowest BCUT2D eigenvalue weighted by Gasteiger charge is -2.19. The number of nitrogens with zero attached hydrogens (tertiary/aromatic N) is 4. The van der Waals surface area contributed by atoms with Gasteiger partial charge in [0.15, 0.2) is 0 Å². The molecule has 2 rings (SSSR count). The van der Waals surface area contributed by atoms with Crippen LogP contribution in [0.3, 0.4) is 0 Å². The topological polar surface area (TPSA) is 88.3 Å². The molecule has 0 radical (unpaired) electrons. The number of carbonyl (C=O) groups is 2. The number of hydrogen-bond donors (Lipinski definition) is 1. The fraction of sp³-hybridized carbons (Fsp3) is 0.667. The van der Waals surface area contributed by atoms with Crippen molar-refractivity contribution in [1.29, 1.82) is 0 Å². The number of hydrogen-bond acceptors (Lipinski definition) is 4.